The molecule has 0 fully saturated rings. The van der Waals surface area contributed by atoms with Gasteiger partial charge < -0.3 is 20.1 Å². The van der Waals surface area contributed by atoms with Gasteiger partial charge in [-0.3, -0.25) is 14.9 Å². The molecule has 0 saturated heterocycles. The van der Waals surface area contributed by atoms with Crippen LogP contribution in [-0.4, -0.2) is 50.8 Å². The number of para-hydroxylation sites is 2. The first kappa shape index (κ1) is 16.9. The Morgan fingerprint density at radius 2 is 2.05 bits per heavy atom. The molecule has 0 saturated carbocycles. The van der Waals surface area contributed by atoms with Crippen molar-refractivity contribution in [2.45, 2.75) is 0 Å². The van der Waals surface area contributed by atoms with E-state index in [2.05, 4.69) is 10.6 Å². The quantitative estimate of drug-likeness (QED) is 0.366. The number of carbonyl (C=O) groups is 1. The highest BCUT2D eigenvalue weighted by molar-refractivity contribution is 5.77. The van der Waals surface area contributed by atoms with E-state index < -0.39 is 4.92 Å². The minimum atomic E-state index is -0.549. The maximum atomic E-state index is 11.5. The van der Waals surface area contributed by atoms with E-state index >= 15 is 0 Å². The Morgan fingerprint density at radius 1 is 1.29 bits per heavy atom. The Morgan fingerprint density at radius 3 is 2.76 bits per heavy atom. The zero-order valence-corrected chi connectivity index (χ0v) is 11.8. The number of carbonyl (C=O) groups excluding carboxylic acids is 1. The normalized spacial score (nSPS) is 10.1. The number of rotatable bonds is 10. The molecule has 0 aliphatic carbocycles. The zero-order chi connectivity index (χ0) is 15.5. The smallest absolute Gasteiger partial charge is 0.310 e. The van der Waals surface area contributed by atoms with Crippen LogP contribution in [0.1, 0.15) is 0 Å². The first-order valence-corrected chi connectivity index (χ1v) is 6.47. The minimum Gasteiger partial charge on any atom is -0.477 e. The average Bonchev–Trinajstić information content (AvgIpc) is 2.49. The van der Waals surface area contributed by atoms with Crippen molar-refractivity contribution in [2.24, 2.45) is 0 Å². The van der Waals surface area contributed by atoms with Crippen LogP contribution < -0.4 is 15.4 Å². The number of ether oxygens (including phenoxy) is 2. The van der Waals surface area contributed by atoms with E-state index in [9.17, 15) is 14.9 Å². The number of benzene rings is 1. The van der Waals surface area contributed by atoms with Gasteiger partial charge in [-0.25, -0.2) is 0 Å². The van der Waals surface area contributed by atoms with Crippen LogP contribution in [0.4, 0.5) is 5.69 Å². The van der Waals surface area contributed by atoms with E-state index in [0.29, 0.717) is 26.2 Å². The van der Waals surface area contributed by atoms with Gasteiger partial charge in [0.1, 0.15) is 0 Å². The Balaban J connectivity index is 2.26. The predicted molar refractivity (Wildman–Crippen MR) is 76.3 cm³/mol. The molecule has 0 bridgehead atoms. The standard InChI is InChI=1S/C13H19N3O5/c1-20-9-8-14-6-7-15-13(17)10-21-12-5-3-2-4-11(12)16(18)19/h2-5,14H,6-10H2,1H3,(H,15,17). The van der Waals surface area contributed by atoms with Crippen LogP contribution in [0.3, 0.4) is 0 Å². The molecule has 0 heterocycles. The predicted octanol–water partition coefficient (Wildman–Crippen LogP) is 0.326. The van der Waals surface area contributed by atoms with Gasteiger partial charge in [0.05, 0.1) is 11.5 Å². The van der Waals surface area contributed by atoms with Crippen LogP contribution in [0, 0.1) is 10.1 Å². The number of nitro groups is 1. The van der Waals surface area contributed by atoms with Gasteiger partial charge in [-0.05, 0) is 6.07 Å². The monoisotopic (exact) mass is 297 g/mol. The summed E-state index contributed by atoms with van der Waals surface area (Å²) in [6.45, 7) is 2.11. The van der Waals surface area contributed by atoms with E-state index in [1.165, 1.54) is 18.2 Å². The van der Waals surface area contributed by atoms with E-state index in [0.717, 1.165) is 0 Å². The summed E-state index contributed by atoms with van der Waals surface area (Å²) < 4.78 is 10.0. The second-order valence-electron chi connectivity index (χ2n) is 4.11. The summed E-state index contributed by atoms with van der Waals surface area (Å²) >= 11 is 0. The molecule has 1 amide bonds. The number of nitrogens with zero attached hydrogens (tertiary/aromatic N) is 1. The molecule has 1 aromatic rings. The molecule has 0 atom stereocenters. The summed E-state index contributed by atoms with van der Waals surface area (Å²) in [7, 11) is 1.61. The van der Waals surface area contributed by atoms with Crippen LogP contribution in [0.25, 0.3) is 0 Å². The summed E-state index contributed by atoms with van der Waals surface area (Å²) in [6, 6.07) is 5.93. The molecule has 0 radical (unpaired) electrons. The van der Waals surface area contributed by atoms with Crippen molar-refractivity contribution < 1.29 is 19.2 Å². The third-order valence-electron chi connectivity index (χ3n) is 2.53. The van der Waals surface area contributed by atoms with E-state index in [4.69, 9.17) is 9.47 Å². The van der Waals surface area contributed by atoms with E-state index in [1.807, 2.05) is 0 Å². The fourth-order valence-corrected chi connectivity index (χ4v) is 1.51. The highest BCUT2D eigenvalue weighted by atomic mass is 16.6. The van der Waals surface area contributed by atoms with Gasteiger partial charge >= 0.3 is 5.69 Å². The fourth-order valence-electron chi connectivity index (χ4n) is 1.51. The number of hydrogen-bond acceptors (Lipinski definition) is 6. The zero-order valence-electron chi connectivity index (χ0n) is 11.8. The van der Waals surface area contributed by atoms with Crippen LogP contribution >= 0.6 is 0 Å². The van der Waals surface area contributed by atoms with Crippen LogP contribution in [0.2, 0.25) is 0 Å². The van der Waals surface area contributed by atoms with Gasteiger partial charge in [0.25, 0.3) is 5.91 Å². The molecule has 1 aromatic carbocycles. The molecule has 21 heavy (non-hydrogen) atoms. The molecule has 116 valence electrons. The third kappa shape index (κ3) is 6.68. The lowest BCUT2D eigenvalue weighted by molar-refractivity contribution is -0.385. The molecule has 8 nitrogen and oxygen atoms in total. The molecule has 0 aliphatic rings. The molecule has 0 spiro atoms. The second kappa shape index (κ2) is 9.67. The summed E-state index contributed by atoms with van der Waals surface area (Å²) in [6.07, 6.45) is 0. The van der Waals surface area contributed by atoms with Crippen molar-refractivity contribution in [3.8, 4) is 5.75 Å². The van der Waals surface area contributed by atoms with Gasteiger partial charge in [0, 0.05) is 32.8 Å². The van der Waals surface area contributed by atoms with E-state index in [1.54, 1.807) is 13.2 Å². The molecule has 0 aromatic heterocycles. The first-order chi connectivity index (χ1) is 10.1. The van der Waals surface area contributed by atoms with Crippen molar-refractivity contribution in [3.63, 3.8) is 0 Å². The van der Waals surface area contributed by atoms with Gasteiger partial charge in [0.2, 0.25) is 0 Å². The first-order valence-electron chi connectivity index (χ1n) is 6.47. The second-order valence-corrected chi connectivity index (χ2v) is 4.11. The summed E-state index contributed by atoms with van der Waals surface area (Å²) in [4.78, 5) is 21.7. The van der Waals surface area contributed by atoms with Crippen molar-refractivity contribution in [1.29, 1.82) is 0 Å². The highest BCUT2D eigenvalue weighted by Gasteiger charge is 2.14. The molecule has 0 unspecified atom stereocenters. The van der Waals surface area contributed by atoms with Crippen LogP contribution in [0.15, 0.2) is 24.3 Å². The van der Waals surface area contributed by atoms with Crippen molar-refractivity contribution in [2.75, 3.05) is 40.0 Å². The van der Waals surface area contributed by atoms with Crippen LogP contribution in [-0.2, 0) is 9.53 Å². The maximum Gasteiger partial charge on any atom is 0.310 e. The molecule has 1 rings (SSSR count). The molecular weight excluding hydrogens is 278 g/mol. The summed E-state index contributed by atoms with van der Waals surface area (Å²) in [5.74, 6) is -0.252. The average molecular weight is 297 g/mol. The van der Waals surface area contributed by atoms with Crippen molar-refractivity contribution in [3.05, 3.63) is 34.4 Å². The fraction of sp³-hybridized carbons (Fsp3) is 0.462. The third-order valence-corrected chi connectivity index (χ3v) is 2.53. The number of methoxy groups -OCH3 is 1. The van der Waals surface area contributed by atoms with Gasteiger partial charge in [-0.1, -0.05) is 12.1 Å². The highest BCUT2D eigenvalue weighted by Crippen LogP contribution is 2.25. The van der Waals surface area contributed by atoms with E-state index in [-0.39, 0.29) is 24.0 Å². The van der Waals surface area contributed by atoms with Crippen LogP contribution in [0.5, 0.6) is 5.75 Å². The molecular formula is C13H19N3O5. The lowest BCUT2D eigenvalue weighted by atomic mass is 10.3. The Hall–Kier alpha value is -2.19. The SMILES string of the molecule is COCCNCCNC(=O)COc1ccccc1[N+](=O)[O-]. The largest absolute Gasteiger partial charge is 0.477 e. The Labute approximate surface area is 122 Å². The Bertz CT molecular complexity index is 467. The number of nitrogens with one attached hydrogen (secondary N) is 2. The topological polar surface area (TPSA) is 103 Å². The lowest BCUT2D eigenvalue weighted by Gasteiger charge is -2.08. The molecule has 8 heteroatoms. The lowest BCUT2D eigenvalue weighted by Crippen LogP contribution is -2.35. The van der Waals surface area contributed by atoms with Crippen molar-refractivity contribution >= 4 is 11.6 Å². The summed E-state index contributed by atoms with van der Waals surface area (Å²) in [5.41, 5.74) is -0.161. The van der Waals surface area contributed by atoms with Gasteiger partial charge in [0.15, 0.2) is 12.4 Å². The minimum absolute atomic E-state index is 0.0795. The number of amides is 1. The number of nitro benzene ring substituents is 1. The Kier molecular flexibility index (Phi) is 7.77. The summed E-state index contributed by atoms with van der Waals surface area (Å²) in [5, 5.41) is 16.5. The molecule has 0 aliphatic heterocycles. The van der Waals surface area contributed by atoms with Gasteiger partial charge in [-0.2, -0.15) is 0 Å². The maximum absolute atomic E-state index is 11.5. The molecule has 2 N–H and O–H groups in total. The van der Waals surface area contributed by atoms with Gasteiger partial charge in [-0.15, -0.1) is 0 Å². The number of hydrogen-bond donors (Lipinski definition) is 2. The van der Waals surface area contributed by atoms with Crippen molar-refractivity contribution in [1.82, 2.24) is 10.6 Å².